The average molecular weight is 624 g/mol. The third-order valence-corrected chi connectivity index (χ3v) is 7.13. The van der Waals surface area contributed by atoms with Crippen LogP contribution in [0.15, 0.2) is 24.3 Å². The molecule has 2 N–H and O–H groups in total. The summed E-state index contributed by atoms with van der Waals surface area (Å²) in [5, 5.41) is 7.83. The molecule has 0 saturated carbocycles. The number of anilines is 2. The molecule has 39 heavy (non-hydrogen) atoms. The maximum Gasteiger partial charge on any atom is 2.00 e. The van der Waals surface area contributed by atoms with E-state index in [9.17, 15) is 0 Å². The molecule has 0 saturated heterocycles. The molecule has 6 heteroatoms. The number of likely N-dealkylation sites (N-methyl/N-ethyl adjacent to an activating group) is 1. The van der Waals surface area contributed by atoms with Gasteiger partial charge in [0.15, 0.2) is 0 Å². The predicted octanol–water partition coefficient (Wildman–Crippen LogP) is 3.04. The Morgan fingerprint density at radius 2 is 0.769 bits per heavy atom. The molecule has 0 bridgehead atoms. The van der Waals surface area contributed by atoms with Gasteiger partial charge in [-0.1, -0.05) is 90.8 Å². The number of aryl methyl sites for hydroxylation is 2. The van der Waals surface area contributed by atoms with Gasteiger partial charge in [-0.05, 0) is 80.7 Å². The topological polar surface area (TPSA) is 27.3 Å². The minimum absolute atomic E-state index is 0. The first kappa shape index (κ1) is 40.2. The van der Waals surface area contributed by atoms with Crippen molar-refractivity contribution in [3.05, 3.63) is 57.6 Å². The minimum atomic E-state index is 0. The number of halogens is 2. The van der Waals surface area contributed by atoms with E-state index in [0.29, 0.717) is 35.8 Å². The summed E-state index contributed by atoms with van der Waals surface area (Å²) in [6, 6.07) is 10.2. The third kappa shape index (κ3) is 11.5. The van der Waals surface area contributed by atoms with Crippen LogP contribution in [-0.2, 0) is 16.8 Å². The molecule has 2 atom stereocenters. The van der Waals surface area contributed by atoms with E-state index in [1.807, 2.05) is 0 Å². The van der Waals surface area contributed by atoms with Crippen molar-refractivity contribution in [2.24, 2.45) is 0 Å². The second-order valence-electron chi connectivity index (χ2n) is 12.6. The summed E-state index contributed by atoms with van der Waals surface area (Å²) in [5.74, 6) is 2.00. The van der Waals surface area contributed by atoms with Crippen LogP contribution < -0.4 is 35.4 Å². The van der Waals surface area contributed by atoms with Crippen molar-refractivity contribution in [1.82, 2.24) is 4.90 Å². The smallest absolute Gasteiger partial charge is 1.00 e. The fourth-order valence-electron chi connectivity index (χ4n) is 5.43. The molecular formula is C33H55Cl2CoN3. The van der Waals surface area contributed by atoms with E-state index in [2.05, 4.69) is 130 Å². The first-order valence-electron chi connectivity index (χ1n) is 14.2. The van der Waals surface area contributed by atoms with E-state index in [1.165, 1.54) is 44.8 Å². The molecule has 0 aliphatic carbocycles. The first-order valence-corrected chi connectivity index (χ1v) is 14.2. The van der Waals surface area contributed by atoms with Crippen LogP contribution in [0.2, 0.25) is 0 Å². The number of hydrogen-bond acceptors (Lipinski definition) is 3. The fraction of sp³-hybridized carbons (Fsp3) is 0.636. The van der Waals surface area contributed by atoms with Gasteiger partial charge >= 0.3 is 16.8 Å². The molecule has 0 spiro atoms. The number of hydrogen-bond donors (Lipinski definition) is 2. The van der Waals surface area contributed by atoms with Crippen LogP contribution in [-0.4, -0.2) is 37.1 Å². The van der Waals surface area contributed by atoms with Gasteiger partial charge in [0.1, 0.15) is 0 Å². The van der Waals surface area contributed by atoms with E-state index < -0.39 is 0 Å². The Bertz CT molecular complexity index is 867. The molecular weight excluding hydrogens is 568 g/mol. The number of benzene rings is 2. The summed E-state index contributed by atoms with van der Waals surface area (Å²) in [4.78, 5) is 2.46. The summed E-state index contributed by atoms with van der Waals surface area (Å²) in [6.07, 6.45) is 0. The summed E-state index contributed by atoms with van der Waals surface area (Å²) in [5.41, 5.74) is 11.1. The monoisotopic (exact) mass is 622 g/mol. The van der Waals surface area contributed by atoms with Gasteiger partial charge in [0.05, 0.1) is 0 Å². The number of nitrogens with one attached hydrogen (secondary N) is 2. The molecule has 0 aliphatic heterocycles. The maximum atomic E-state index is 3.92. The molecule has 0 aliphatic rings. The zero-order valence-electron chi connectivity index (χ0n) is 26.7. The van der Waals surface area contributed by atoms with Crippen molar-refractivity contribution in [1.29, 1.82) is 0 Å². The van der Waals surface area contributed by atoms with Gasteiger partial charge in [0.25, 0.3) is 0 Å². The quantitative estimate of drug-likeness (QED) is 0.381. The number of rotatable bonds is 12. The normalized spacial score (nSPS) is 12.8. The Morgan fingerprint density at radius 3 is 0.974 bits per heavy atom. The maximum absolute atomic E-state index is 3.92. The molecule has 0 heterocycles. The van der Waals surface area contributed by atoms with E-state index in [-0.39, 0.29) is 41.6 Å². The van der Waals surface area contributed by atoms with Crippen LogP contribution in [0.1, 0.15) is 126 Å². The Labute approximate surface area is 264 Å². The van der Waals surface area contributed by atoms with Gasteiger partial charge in [-0.15, -0.1) is 0 Å². The molecule has 0 fully saturated rings. The summed E-state index contributed by atoms with van der Waals surface area (Å²) >= 11 is 0. The summed E-state index contributed by atoms with van der Waals surface area (Å²) < 4.78 is 0. The Hall–Kier alpha value is -0.914. The fourth-order valence-corrected chi connectivity index (χ4v) is 5.43. The van der Waals surface area contributed by atoms with Gasteiger partial charge in [0, 0.05) is 36.5 Å². The minimum Gasteiger partial charge on any atom is -1.00 e. The second kappa shape index (κ2) is 17.8. The largest absolute Gasteiger partial charge is 2.00 e. The van der Waals surface area contributed by atoms with Crippen molar-refractivity contribution in [2.75, 3.05) is 30.8 Å². The predicted molar refractivity (Wildman–Crippen MR) is 162 cm³/mol. The van der Waals surface area contributed by atoms with Crippen molar-refractivity contribution in [3.8, 4) is 0 Å². The molecule has 2 rings (SSSR count). The van der Waals surface area contributed by atoms with Crippen LogP contribution in [0.5, 0.6) is 0 Å². The Morgan fingerprint density at radius 1 is 0.538 bits per heavy atom. The Balaban J connectivity index is 0. The van der Waals surface area contributed by atoms with Crippen LogP contribution in [0, 0.1) is 13.8 Å². The van der Waals surface area contributed by atoms with Gasteiger partial charge in [-0.2, -0.15) is 0 Å². The van der Waals surface area contributed by atoms with E-state index in [4.69, 9.17) is 0 Å². The van der Waals surface area contributed by atoms with E-state index in [0.717, 1.165) is 13.1 Å². The van der Waals surface area contributed by atoms with Gasteiger partial charge in [0.2, 0.25) is 0 Å². The van der Waals surface area contributed by atoms with Crippen molar-refractivity contribution in [3.63, 3.8) is 0 Å². The van der Waals surface area contributed by atoms with Crippen LogP contribution >= 0.6 is 0 Å². The van der Waals surface area contributed by atoms with Crippen LogP contribution in [0.3, 0.4) is 0 Å². The molecule has 2 aromatic rings. The van der Waals surface area contributed by atoms with Gasteiger partial charge < -0.3 is 40.3 Å². The van der Waals surface area contributed by atoms with Crippen molar-refractivity contribution in [2.45, 2.75) is 119 Å². The standard InChI is InChI=1S/C33H55N3.2ClH.Co/c1-20(2)28-14-24(9)15-29(21(3)4)32(28)34-26(11)18-36(13)19-27(12)35-33-30(22(5)6)16-25(10)17-31(33)23(7)8;;;/h14-17,20-23,26-27,34-35H,18-19H2,1-13H3;2*1H;/q;;;+2/p-2. The van der Waals surface area contributed by atoms with Gasteiger partial charge in [-0.3, -0.25) is 0 Å². The summed E-state index contributed by atoms with van der Waals surface area (Å²) in [6.45, 7) is 29.5. The zero-order chi connectivity index (χ0) is 27.3. The third-order valence-electron chi connectivity index (χ3n) is 7.13. The van der Waals surface area contributed by atoms with Crippen molar-refractivity contribution < 1.29 is 41.6 Å². The van der Waals surface area contributed by atoms with Crippen molar-refractivity contribution >= 4 is 11.4 Å². The van der Waals surface area contributed by atoms with Crippen LogP contribution in [0.25, 0.3) is 0 Å². The second-order valence-corrected chi connectivity index (χ2v) is 12.6. The average Bonchev–Trinajstić information content (AvgIpc) is 2.74. The Kier molecular flexibility index (Phi) is 18.4. The molecule has 1 radical (unpaired) electrons. The van der Waals surface area contributed by atoms with Crippen LogP contribution in [0.4, 0.5) is 11.4 Å². The molecule has 2 unspecified atom stereocenters. The molecule has 3 nitrogen and oxygen atoms in total. The molecule has 0 amide bonds. The van der Waals surface area contributed by atoms with E-state index in [1.54, 1.807) is 0 Å². The number of nitrogens with zero attached hydrogens (tertiary/aromatic N) is 1. The summed E-state index contributed by atoms with van der Waals surface area (Å²) in [7, 11) is 2.25. The zero-order valence-corrected chi connectivity index (χ0v) is 29.3. The van der Waals surface area contributed by atoms with Gasteiger partial charge in [-0.25, -0.2) is 0 Å². The molecule has 2 aromatic carbocycles. The molecule has 225 valence electrons. The first-order chi connectivity index (χ1) is 16.7. The molecule has 0 aromatic heterocycles. The van der Waals surface area contributed by atoms with E-state index >= 15 is 0 Å². The SMILES string of the molecule is Cc1cc(C(C)C)c(NC(C)CN(C)CC(C)Nc2c(C(C)C)cc(C)cc2C(C)C)c(C(C)C)c1.[Cl-].[Cl-].[Co+2].